The molecule has 18 heavy (non-hydrogen) atoms. The van der Waals surface area contributed by atoms with Crippen LogP contribution in [-0.2, 0) is 13.0 Å². The molecule has 0 saturated heterocycles. The van der Waals surface area contributed by atoms with Crippen LogP contribution in [0.1, 0.15) is 23.7 Å². The highest BCUT2D eigenvalue weighted by Gasteiger charge is 2.13. The minimum absolute atomic E-state index is 0.421. The normalized spacial score (nSPS) is 10.3. The molecule has 2 aromatic rings. The van der Waals surface area contributed by atoms with Gasteiger partial charge >= 0.3 is 0 Å². The monoisotopic (exact) mass is 260 g/mol. The molecule has 0 amide bonds. The molecule has 0 saturated carbocycles. The first-order valence-corrected chi connectivity index (χ1v) is 6.03. The van der Waals surface area contributed by atoms with Gasteiger partial charge in [-0.15, -0.1) is 0 Å². The van der Waals surface area contributed by atoms with Gasteiger partial charge in [-0.1, -0.05) is 30.7 Å². The smallest absolute Gasteiger partial charge is 0.140 e. The van der Waals surface area contributed by atoms with Gasteiger partial charge in [0.15, 0.2) is 0 Å². The molecule has 4 nitrogen and oxygen atoms in total. The summed E-state index contributed by atoms with van der Waals surface area (Å²) in [6.07, 6.45) is 0.695. The molecule has 1 heterocycles. The Kier molecular flexibility index (Phi) is 3.54. The molecular weight excluding hydrogens is 248 g/mol. The topological polar surface area (TPSA) is 67.6 Å². The predicted molar refractivity (Wildman–Crippen MR) is 71.3 cm³/mol. The maximum atomic E-state index is 9.05. The number of anilines is 1. The van der Waals surface area contributed by atoms with Crippen molar-refractivity contribution in [1.82, 2.24) is 9.78 Å². The molecule has 92 valence electrons. The van der Waals surface area contributed by atoms with Crippen LogP contribution in [0.25, 0.3) is 0 Å². The molecule has 0 aliphatic heterocycles. The second-order valence-electron chi connectivity index (χ2n) is 3.96. The van der Waals surface area contributed by atoms with Crippen molar-refractivity contribution in [3.8, 4) is 6.07 Å². The van der Waals surface area contributed by atoms with E-state index in [2.05, 4.69) is 11.2 Å². The third-order valence-electron chi connectivity index (χ3n) is 2.76. The van der Waals surface area contributed by atoms with E-state index in [0.717, 1.165) is 11.3 Å². The highest BCUT2D eigenvalue weighted by Crippen LogP contribution is 2.18. The van der Waals surface area contributed by atoms with Crippen molar-refractivity contribution < 1.29 is 0 Å². The van der Waals surface area contributed by atoms with Crippen LogP contribution in [0.15, 0.2) is 24.3 Å². The molecule has 0 atom stereocenters. The van der Waals surface area contributed by atoms with Crippen LogP contribution >= 0.6 is 11.6 Å². The molecule has 0 unspecified atom stereocenters. The second-order valence-corrected chi connectivity index (χ2v) is 4.39. The molecule has 0 fully saturated rings. The first kappa shape index (κ1) is 12.5. The lowest BCUT2D eigenvalue weighted by molar-refractivity contribution is 0.683. The van der Waals surface area contributed by atoms with Crippen molar-refractivity contribution in [3.05, 3.63) is 46.1 Å². The van der Waals surface area contributed by atoms with Crippen LogP contribution in [0.2, 0.25) is 5.02 Å². The fraction of sp³-hybridized carbons (Fsp3) is 0.231. The van der Waals surface area contributed by atoms with E-state index in [0.29, 0.717) is 29.4 Å². The fourth-order valence-corrected chi connectivity index (χ4v) is 1.91. The lowest BCUT2D eigenvalue weighted by Gasteiger charge is -2.04. The van der Waals surface area contributed by atoms with Gasteiger partial charge in [0.25, 0.3) is 0 Å². The van der Waals surface area contributed by atoms with Crippen LogP contribution in [-0.4, -0.2) is 9.78 Å². The van der Waals surface area contributed by atoms with Crippen molar-refractivity contribution in [3.63, 3.8) is 0 Å². The zero-order valence-corrected chi connectivity index (χ0v) is 10.8. The Bertz CT molecular complexity index is 593. The average molecular weight is 261 g/mol. The van der Waals surface area contributed by atoms with Crippen LogP contribution in [0.5, 0.6) is 0 Å². The maximum absolute atomic E-state index is 9.05. The summed E-state index contributed by atoms with van der Waals surface area (Å²) >= 11 is 5.83. The Morgan fingerprint density at radius 3 is 2.56 bits per heavy atom. The first-order chi connectivity index (χ1) is 8.65. The highest BCUT2D eigenvalue weighted by atomic mass is 35.5. The maximum Gasteiger partial charge on any atom is 0.140 e. The molecule has 0 aliphatic rings. The van der Waals surface area contributed by atoms with E-state index in [1.54, 1.807) is 4.68 Å². The Hall–Kier alpha value is -1.99. The van der Waals surface area contributed by atoms with Crippen molar-refractivity contribution in [2.45, 2.75) is 19.9 Å². The van der Waals surface area contributed by atoms with E-state index in [1.807, 2.05) is 31.2 Å². The zero-order chi connectivity index (χ0) is 13.1. The van der Waals surface area contributed by atoms with Gasteiger partial charge in [0.2, 0.25) is 0 Å². The number of aromatic nitrogens is 2. The summed E-state index contributed by atoms with van der Waals surface area (Å²) in [6.45, 7) is 2.49. The van der Waals surface area contributed by atoms with E-state index < -0.39 is 0 Å². The third kappa shape index (κ3) is 2.31. The van der Waals surface area contributed by atoms with E-state index in [4.69, 9.17) is 22.6 Å². The largest absolute Gasteiger partial charge is 0.383 e. The summed E-state index contributed by atoms with van der Waals surface area (Å²) in [4.78, 5) is 0. The number of nitrogens with zero attached hydrogens (tertiary/aromatic N) is 3. The SMILES string of the molecule is CCc1nn(Cc2ccc(Cl)cc2)c(N)c1C#N. The van der Waals surface area contributed by atoms with Crippen LogP contribution in [0, 0.1) is 11.3 Å². The fourth-order valence-electron chi connectivity index (χ4n) is 1.78. The van der Waals surface area contributed by atoms with Gasteiger partial charge in [-0.25, -0.2) is 4.68 Å². The minimum Gasteiger partial charge on any atom is -0.383 e. The van der Waals surface area contributed by atoms with Gasteiger partial charge in [0.05, 0.1) is 12.2 Å². The van der Waals surface area contributed by atoms with Crippen molar-refractivity contribution in [2.75, 3.05) is 5.73 Å². The van der Waals surface area contributed by atoms with Gasteiger partial charge in [-0.2, -0.15) is 10.4 Å². The molecule has 0 spiro atoms. The Labute approximate surface area is 111 Å². The number of hydrogen-bond donors (Lipinski definition) is 1. The van der Waals surface area contributed by atoms with Gasteiger partial charge in [0, 0.05) is 5.02 Å². The average Bonchev–Trinajstić information content (AvgIpc) is 2.68. The summed E-state index contributed by atoms with van der Waals surface area (Å²) in [6, 6.07) is 9.58. The molecule has 0 bridgehead atoms. The molecule has 2 rings (SSSR count). The number of rotatable bonds is 3. The molecule has 0 radical (unpaired) electrons. The summed E-state index contributed by atoms with van der Waals surface area (Å²) in [5.41, 5.74) is 8.18. The number of nitrogen functional groups attached to an aromatic ring is 1. The standard InChI is InChI=1S/C13H13ClN4/c1-2-12-11(7-15)13(16)18(17-12)8-9-3-5-10(14)6-4-9/h3-6H,2,8,16H2,1H3. The van der Waals surface area contributed by atoms with Gasteiger partial charge in [-0.05, 0) is 24.1 Å². The number of halogens is 1. The molecule has 1 aromatic heterocycles. The van der Waals surface area contributed by atoms with Crippen molar-refractivity contribution >= 4 is 17.4 Å². The Morgan fingerprint density at radius 1 is 1.39 bits per heavy atom. The quantitative estimate of drug-likeness (QED) is 0.922. The first-order valence-electron chi connectivity index (χ1n) is 5.65. The summed E-state index contributed by atoms with van der Waals surface area (Å²) < 4.78 is 1.65. The Morgan fingerprint density at radius 2 is 2.06 bits per heavy atom. The molecular formula is C13H13ClN4. The zero-order valence-electron chi connectivity index (χ0n) is 10.0. The predicted octanol–water partition coefficient (Wildman–Crippen LogP) is 2.60. The van der Waals surface area contributed by atoms with Gasteiger partial charge in [0.1, 0.15) is 17.5 Å². The van der Waals surface area contributed by atoms with Gasteiger partial charge < -0.3 is 5.73 Å². The van der Waals surface area contributed by atoms with E-state index in [9.17, 15) is 0 Å². The number of aryl methyl sites for hydroxylation is 1. The number of hydrogen-bond acceptors (Lipinski definition) is 3. The Balaban J connectivity index is 2.32. The molecule has 2 N–H and O–H groups in total. The molecule has 0 aliphatic carbocycles. The highest BCUT2D eigenvalue weighted by molar-refractivity contribution is 6.30. The van der Waals surface area contributed by atoms with Crippen LogP contribution < -0.4 is 5.73 Å². The van der Waals surface area contributed by atoms with Crippen molar-refractivity contribution in [2.24, 2.45) is 0 Å². The lowest BCUT2D eigenvalue weighted by atomic mass is 10.2. The number of nitriles is 1. The third-order valence-corrected chi connectivity index (χ3v) is 3.01. The summed E-state index contributed by atoms with van der Waals surface area (Å²) in [5.74, 6) is 0.421. The number of benzene rings is 1. The van der Waals surface area contributed by atoms with Crippen molar-refractivity contribution in [1.29, 1.82) is 5.26 Å². The van der Waals surface area contributed by atoms with Gasteiger partial charge in [-0.3, -0.25) is 0 Å². The minimum atomic E-state index is 0.421. The van der Waals surface area contributed by atoms with E-state index >= 15 is 0 Å². The van der Waals surface area contributed by atoms with Crippen LogP contribution in [0.4, 0.5) is 5.82 Å². The summed E-state index contributed by atoms with van der Waals surface area (Å²) in [7, 11) is 0. The van der Waals surface area contributed by atoms with E-state index in [-0.39, 0.29) is 0 Å². The molecule has 1 aromatic carbocycles. The molecule has 5 heteroatoms. The lowest BCUT2D eigenvalue weighted by Crippen LogP contribution is -2.06. The van der Waals surface area contributed by atoms with E-state index in [1.165, 1.54) is 0 Å². The number of nitrogens with two attached hydrogens (primary N) is 1. The van der Waals surface area contributed by atoms with Crippen LogP contribution in [0.3, 0.4) is 0 Å². The summed E-state index contributed by atoms with van der Waals surface area (Å²) in [5, 5.41) is 14.1. The second kappa shape index (κ2) is 5.11.